The molecule has 4 nitrogen and oxygen atoms in total. The van der Waals surface area contributed by atoms with E-state index >= 15 is 0 Å². The molecule has 0 bridgehead atoms. The summed E-state index contributed by atoms with van der Waals surface area (Å²) in [6.45, 7) is 6.79. The van der Waals surface area contributed by atoms with Gasteiger partial charge in [0.2, 0.25) is 0 Å². The molecule has 0 atom stereocenters. The van der Waals surface area contributed by atoms with Crippen LogP contribution < -0.4 is 5.32 Å². The van der Waals surface area contributed by atoms with E-state index in [1.54, 1.807) is 27.7 Å². The molecule has 0 aliphatic carbocycles. The molecule has 0 aromatic heterocycles. The summed E-state index contributed by atoms with van der Waals surface area (Å²) in [5.41, 5.74) is 0.281. The van der Waals surface area contributed by atoms with Crippen molar-refractivity contribution in [1.82, 2.24) is 0 Å². The van der Waals surface area contributed by atoms with E-state index in [0.29, 0.717) is 11.8 Å². The third-order valence-corrected chi connectivity index (χ3v) is 2.18. The van der Waals surface area contributed by atoms with E-state index in [2.05, 4.69) is 5.32 Å². The maximum Gasteiger partial charge on any atom is 0.412 e. The van der Waals surface area contributed by atoms with Crippen LogP contribution in [0.4, 0.5) is 14.9 Å². The number of rotatable bonds is 2. The Morgan fingerprint density at radius 2 is 2.00 bits per heavy atom. The first-order valence-corrected chi connectivity index (χ1v) is 5.48. The number of carbonyl (C=O) groups excluding carboxylic acids is 2. The Kier molecular flexibility index (Phi) is 4.06. The van der Waals surface area contributed by atoms with Crippen LogP contribution in [-0.4, -0.2) is 18.0 Å². The number of halogens is 1. The predicted octanol–water partition coefficient (Wildman–Crippen LogP) is 3.29. The number of carbonyl (C=O) groups is 2. The zero-order valence-electron chi connectivity index (χ0n) is 10.8. The van der Waals surface area contributed by atoms with E-state index in [1.807, 2.05) is 0 Å². The minimum Gasteiger partial charge on any atom is -0.444 e. The molecular weight excluding hydrogens is 237 g/mol. The molecule has 1 N–H and O–H groups in total. The van der Waals surface area contributed by atoms with Gasteiger partial charge in [0.25, 0.3) is 0 Å². The van der Waals surface area contributed by atoms with Crippen molar-refractivity contribution in [1.29, 1.82) is 0 Å². The molecule has 1 rings (SSSR count). The van der Waals surface area contributed by atoms with Crippen LogP contribution in [-0.2, 0) is 4.74 Å². The standard InChI is InChI=1S/C13H16FNO3/c1-8-9(7-16)5-10(14)6-11(8)15-12(17)18-13(2,3)4/h5-7H,1-4H3,(H,15,17). The smallest absolute Gasteiger partial charge is 0.412 e. The molecule has 0 aliphatic heterocycles. The largest absolute Gasteiger partial charge is 0.444 e. The normalized spacial score (nSPS) is 10.9. The van der Waals surface area contributed by atoms with Crippen molar-refractivity contribution in [3.05, 3.63) is 29.1 Å². The van der Waals surface area contributed by atoms with E-state index in [9.17, 15) is 14.0 Å². The van der Waals surface area contributed by atoms with Gasteiger partial charge in [-0.05, 0) is 45.4 Å². The van der Waals surface area contributed by atoms with E-state index < -0.39 is 17.5 Å². The second-order valence-corrected chi connectivity index (χ2v) is 4.91. The number of aldehydes is 1. The quantitative estimate of drug-likeness (QED) is 0.823. The first-order chi connectivity index (χ1) is 8.23. The number of amides is 1. The van der Waals surface area contributed by atoms with E-state index in [-0.39, 0.29) is 11.3 Å². The molecule has 0 fully saturated rings. The third kappa shape index (κ3) is 3.84. The Hall–Kier alpha value is -1.91. The highest BCUT2D eigenvalue weighted by atomic mass is 19.1. The third-order valence-electron chi connectivity index (χ3n) is 2.18. The Morgan fingerprint density at radius 3 is 2.50 bits per heavy atom. The first kappa shape index (κ1) is 14.2. The van der Waals surface area contributed by atoms with Gasteiger partial charge in [0.15, 0.2) is 0 Å². The lowest BCUT2D eigenvalue weighted by atomic mass is 10.1. The molecule has 0 radical (unpaired) electrons. The number of hydrogen-bond acceptors (Lipinski definition) is 3. The lowest BCUT2D eigenvalue weighted by Gasteiger charge is -2.20. The van der Waals surface area contributed by atoms with Gasteiger partial charge in [0.05, 0.1) is 5.69 Å². The summed E-state index contributed by atoms with van der Waals surface area (Å²) < 4.78 is 18.3. The molecule has 98 valence electrons. The highest BCUT2D eigenvalue weighted by Gasteiger charge is 2.17. The van der Waals surface area contributed by atoms with Crippen LogP contribution in [0.25, 0.3) is 0 Å². The Balaban J connectivity index is 2.94. The van der Waals surface area contributed by atoms with Gasteiger partial charge in [-0.2, -0.15) is 0 Å². The maximum atomic E-state index is 13.2. The highest BCUT2D eigenvalue weighted by molar-refractivity contribution is 5.89. The van der Waals surface area contributed by atoms with Crippen molar-refractivity contribution in [2.24, 2.45) is 0 Å². The van der Waals surface area contributed by atoms with Crippen LogP contribution in [0.1, 0.15) is 36.7 Å². The van der Waals surface area contributed by atoms with Gasteiger partial charge in [-0.3, -0.25) is 10.1 Å². The van der Waals surface area contributed by atoms with Crippen molar-refractivity contribution in [3.63, 3.8) is 0 Å². The minimum atomic E-state index is -0.687. The summed E-state index contributed by atoms with van der Waals surface area (Å²) in [5.74, 6) is -0.589. The summed E-state index contributed by atoms with van der Waals surface area (Å²) >= 11 is 0. The lowest BCUT2D eigenvalue weighted by Crippen LogP contribution is -2.27. The molecule has 0 saturated carbocycles. The van der Waals surface area contributed by atoms with Gasteiger partial charge in [0.1, 0.15) is 17.7 Å². The summed E-state index contributed by atoms with van der Waals surface area (Å²) in [7, 11) is 0. The molecule has 1 aromatic carbocycles. The summed E-state index contributed by atoms with van der Waals surface area (Å²) in [6.07, 6.45) is -0.147. The van der Waals surface area contributed by atoms with Crippen LogP contribution in [0.5, 0.6) is 0 Å². The number of anilines is 1. The van der Waals surface area contributed by atoms with E-state index in [1.165, 1.54) is 0 Å². The Morgan fingerprint density at radius 1 is 1.39 bits per heavy atom. The SMILES string of the molecule is Cc1c(C=O)cc(F)cc1NC(=O)OC(C)(C)C. The van der Waals surface area contributed by atoms with Crippen molar-refractivity contribution in [2.75, 3.05) is 5.32 Å². The van der Waals surface area contributed by atoms with Gasteiger partial charge in [-0.1, -0.05) is 0 Å². The van der Waals surface area contributed by atoms with Crippen molar-refractivity contribution in [2.45, 2.75) is 33.3 Å². The number of ether oxygens (including phenoxy) is 1. The second-order valence-electron chi connectivity index (χ2n) is 4.91. The average molecular weight is 253 g/mol. The predicted molar refractivity (Wildman–Crippen MR) is 66.4 cm³/mol. The monoisotopic (exact) mass is 253 g/mol. The van der Waals surface area contributed by atoms with Gasteiger partial charge in [-0.15, -0.1) is 0 Å². The van der Waals surface area contributed by atoms with Crippen molar-refractivity contribution >= 4 is 18.1 Å². The summed E-state index contributed by atoms with van der Waals surface area (Å²) in [4.78, 5) is 22.3. The molecule has 1 aromatic rings. The molecule has 18 heavy (non-hydrogen) atoms. The van der Waals surface area contributed by atoms with Crippen molar-refractivity contribution < 1.29 is 18.7 Å². The summed E-state index contributed by atoms with van der Waals surface area (Å²) in [5, 5.41) is 2.42. The van der Waals surface area contributed by atoms with Gasteiger partial charge >= 0.3 is 6.09 Å². The van der Waals surface area contributed by atoms with Crippen LogP contribution in [0, 0.1) is 12.7 Å². The van der Waals surface area contributed by atoms with Gasteiger partial charge in [0, 0.05) is 5.56 Å². The first-order valence-electron chi connectivity index (χ1n) is 5.48. The van der Waals surface area contributed by atoms with Crippen LogP contribution >= 0.6 is 0 Å². The number of benzene rings is 1. The van der Waals surface area contributed by atoms with Crippen molar-refractivity contribution in [3.8, 4) is 0 Å². The highest BCUT2D eigenvalue weighted by Crippen LogP contribution is 2.21. The lowest BCUT2D eigenvalue weighted by molar-refractivity contribution is 0.0635. The van der Waals surface area contributed by atoms with Gasteiger partial charge < -0.3 is 4.74 Å². The molecule has 5 heteroatoms. The zero-order valence-corrected chi connectivity index (χ0v) is 10.8. The minimum absolute atomic E-state index is 0.195. The maximum absolute atomic E-state index is 13.2. The fourth-order valence-corrected chi connectivity index (χ4v) is 1.37. The second kappa shape index (κ2) is 5.16. The van der Waals surface area contributed by atoms with Crippen LogP contribution in [0.3, 0.4) is 0 Å². The zero-order chi connectivity index (χ0) is 13.9. The van der Waals surface area contributed by atoms with Crippen LogP contribution in [0.2, 0.25) is 0 Å². The van der Waals surface area contributed by atoms with Gasteiger partial charge in [-0.25, -0.2) is 9.18 Å². The Bertz CT molecular complexity index is 478. The van der Waals surface area contributed by atoms with Crippen LogP contribution in [0.15, 0.2) is 12.1 Å². The molecule has 0 aliphatic rings. The molecule has 0 heterocycles. The van der Waals surface area contributed by atoms with E-state index in [0.717, 1.165) is 12.1 Å². The fourth-order valence-electron chi connectivity index (χ4n) is 1.37. The van der Waals surface area contributed by atoms with E-state index in [4.69, 9.17) is 4.74 Å². The average Bonchev–Trinajstić information content (AvgIpc) is 2.20. The molecular formula is C13H16FNO3. The molecule has 0 saturated heterocycles. The Labute approximate surface area is 105 Å². The topological polar surface area (TPSA) is 55.4 Å². The molecule has 0 spiro atoms. The fraction of sp³-hybridized carbons (Fsp3) is 0.385. The number of hydrogen-bond donors (Lipinski definition) is 1. The number of nitrogens with one attached hydrogen (secondary N) is 1. The molecule has 0 unspecified atom stereocenters. The molecule has 1 amide bonds. The summed E-state index contributed by atoms with van der Waals surface area (Å²) in [6, 6.07) is 2.26.